The Morgan fingerprint density at radius 2 is 1.83 bits per heavy atom. The van der Waals surface area contributed by atoms with Gasteiger partial charge in [0.2, 0.25) is 0 Å². The van der Waals surface area contributed by atoms with Crippen molar-refractivity contribution in [3.63, 3.8) is 0 Å². The summed E-state index contributed by atoms with van der Waals surface area (Å²) < 4.78 is 11.5. The second kappa shape index (κ2) is 10.7. The molecule has 1 heterocycles. The van der Waals surface area contributed by atoms with Gasteiger partial charge in [0.05, 0.1) is 19.8 Å². The molecule has 2 aromatic carbocycles. The number of aliphatic imine (C=N–C) groups is 1. The first-order chi connectivity index (χ1) is 14.2. The van der Waals surface area contributed by atoms with E-state index in [0.717, 1.165) is 43.6 Å². The highest BCUT2D eigenvalue weighted by Gasteiger charge is 2.14. The highest BCUT2D eigenvalue weighted by atomic mass is 16.5. The van der Waals surface area contributed by atoms with Crippen LogP contribution in [0, 0.1) is 6.92 Å². The van der Waals surface area contributed by atoms with Gasteiger partial charge in [-0.05, 0) is 37.1 Å². The number of benzene rings is 2. The summed E-state index contributed by atoms with van der Waals surface area (Å²) in [4.78, 5) is 6.73. The van der Waals surface area contributed by atoms with Crippen LogP contribution in [0.2, 0.25) is 0 Å². The highest BCUT2D eigenvalue weighted by molar-refractivity contribution is 5.79. The van der Waals surface area contributed by atoms with Crippen molar-refractivity contribution in [2.24, 2.45) is 4.99 Å². The molecule has 29 heavy (non-hydrogen) atoms. The minimum atomic E-state index is 0.0234. The van der Waals surface area contributed by atoms with Gasteiger partial charge in [0.15, 0.2) is 5.96 Å². The van der Waals surface area contributed by atoms with Gasteiger partial charge in [0.25, 0.3) is 0 Å². The Kier molecular flexibility index (Phi) is 7.76. The van der Waals surface area contributed by atoms with Crippen molar-refractivity contribution >= 4 is 11.6 Å². The zero-order chi connectivity index (χ0) is 20.5. The molecule has 156 valence electrons. The topological polar surface area (TPSA) is 58.1 Å². The number of nitrogens with one attached hydrogen (secondary N) is 2. The molecule has 1 atom stereocenters. The molecule has 0 radical (unpaired) electrons. The van der Waals surface area contributed by atoms with Gasteiger partial charge in [-0.3, -0.25) is 4.99 Å². The summed E-state index contributed by atoms with van der Waals surface area (Å²) in [5, 5.41) is 6.78. The number of para-hydroxylation sites is 2. The molecule has 3 rings (SSSR count). The van der Waals surface area contributed by atoms with Gasteiger partial charge in [-0.2, -0.15) is 0 Å². The molecule has 0 aliphatic carbocycles. The molecule has 0 spiro atoms. The molecule has 0 bridgehead atoms. The quantitative estimate of drug-likeness (QED) is 0.557. The number of ether oxygens (including phenoxy) is 2. The lowest BCUT2D eigenvalue weighted by molar-refractivity contribution is 0.122. The molecular weight excluding hydrogens is 364 g/mol. The molecule has 2 aromatic rings. The minimum absolute atomic E-state index is 0.0234. The fraction of sp³-hybridized carbons (Fsp3) is 0.435. The first kappa shape index (κ1) is 21.0. The Morgan fingerprint density at radius 1 is 1.10 bits per heavy atom. The lowest BCUT2D eigenvalue weighted by atomic mass is 10.1. The van der Waals surface area contributed by atoms with Crippen LogP contribution in [0.25, 0.3) is 0 Å². The molecule has 0 amide bonds. The average molecular weight is 397 g/mol. The standard InChI is InChI=1S/C23H32N4O2/c1-18-8-4-7-11-22(18)29-19(2)16-25-23(24-3)26-17-20-9-5-6-10-21(20)27-12-14-28-15-13-27/h4-11,19H,12-17H2,1-3H3,(H2,24,25,26). The van der Waals surface area contributed by atoms with E-state index in [-0.39, 0.29) is 6.10 Å². The van der Waals surface area contributed by atoms with Crippen molar-refractivity contribution in [3.05, 3.63) is 59.7 Å². The number of nitrogens with zero attached hydrogens (tertiary/aromatic N) is 2. The third kappa shape index (κ3) is 6.12. The van der Waals surface area contributed by atoms with Gasteiger partial charge >= 0.3 is 0 Å². The molecule has 0 saturated carbocycles. The van der Waals surface area contributed by atoms with Crippen LogP contribution in [0.1, 0.15) is 18.1 Å². The fourth-order valence-corrected chi connectivity index (χ4v) is 3.36. The summed E-state index contributed by atoms with van der Waals surface area (Å²) in [6, 6.07) is 16.6. The van der Waals surface area contributed by atoms with E-state index in [4.69, 9.17) is 9.47 Å². The summed E-state index contributed by atoms with van der Waals surface area (Å²) in [7, 11) is 1.79. The van der Waals surface area contributed by atoms with Crippen LogP contribution in [0.4, 0.5) is 5.69 Å². The lowest BCUT2D eigenvalue weighted by Crippen LogP contribution is -2.42. The molecule has 1 saturated heterocycles. The van der Waals surface area contributed by atoms with Gasteiger partial charge in [-0.25, -0.2) is 0 Å². The number of morpholine rings is 1. The number of aryl methyl sites for hydroxylation is 1. The van der Waals surface area contributed by atoms with E-state index >= 15 is 0 Å². The first-order valence-corrected chi connectivity index (χ1v) is 10.2. The van der Waals surface area contributed by atoms with E-state index in [1.165, 1.54) is 11.3 Å². The van der Waals surface area contributed by atoms with Crippen LogP contribution >= 0.6 is 0 Å². The first-order valence-electron chi connectivity index (χ1n) is 10.2. The van der Waals surface area contributed by atoms with Gasteiger partial charge in [-0.15, -0.1) is 0 Å². The number of guanidine groups is 1. The molecule has 0 aromatic heterocycles. The molecule has 6 heteroatoms. The Labute approximate surface area is 173 Å². The largest absolute Gasteiger partial charge is 0.489 e. The SMILES string of the molecule is CN=C(NCc1ccccc1N1CCOCC1)NCC(C)Oc1ccccc1C. The molecule has 2 N–H and O–H groups in total. The maximum Gasteiger partial charge on any atom is 0.191 e. The minimum Gasteiger partial charge on any atom is -0.489 e. The van der Waals surface area contributed by atoms with E-state index in [1.807, 2.05) is 18.2 Å². The Morgan fingerprint density at radius 3 is 2.59 bits per heavy atom. The van der Waals surface area contributed by atoms with Crippen molar-refractivity contribution in [2.75, 3.05) is 44.8 Å². The Hall–Kier alpha value is -2.73. The second-order valence-corrected chi connectivity index (χ2v) is 7.23. The molecule has 1 aliphatic rings. The van der Waals surface area contributed by atoms with Crippen molar-refractivity contribution in [2.45, 2.75) is 26.5 Å². The fourth-order valence-electron chi connectivity index (χ4n) is 3.36. The summed E-state index contributed by atoms with van der Waals surface area (Å²) in [5.41, 5.74) is 3.65. The summed E-state index contributed by atoms with van der Waals surface area (Å²) >= 11 is 0. The monoisotopic (exact) mass is 396 g/mol. The second-order valence-electron chi connectivity index (χ2n) is 7.23. The Balaban J connectivity index is 1.51. The van der Waals surface area contributed by atoms with Gasteiger partial charge in [0, 0.05) is 32.4 Å². The number of hydrogen-bond acceptors (Lipinski definition) is 4. The maximum absolute atomic E-state index is 6.04. The lowest BCUT2D eigenvalue weighted by Gasteiger charge is -2.30. The molecule has 1 unspecified atom stereocenters. The maximum atomic E-state index is 6.04. The van der Waals surface area contributed by atoms with Crippen LogP contribution < -0.4 is 20.3 Å². The third-order valence-electron chi connectivity index (χ3n) is 4.99. The van der Waals surface area contributed by atoms with Gasteiger partial charge < -0.3 is 25.0 Å². The molecular formula is C23H32N4O2. The summed E-state index contributed by atoms with van der Waals surface area (Å²) in [5.74, 6) is 1.69. The van der Waals surface area contributed by atoms with Crippen molar-refractivity contribution in [3.8, 4) is 5.75 Å². The molecule has 1 fully saturated rings. The molecule has 6 nitrogen and oxygen atoms in total. The zero-order valence-electron chi connectivity index (χ0n) is 17.6. The average Bonchev–Trinajstić information content (AvgIpc) is 2.76. The Bertz CT molecular complexity index is 803. The van der Waals surface area contributed by atoms with Crippen LogP contribution in [0.15, 0.2) is 53.5 Å². The van der Waals surface area contributed by atoms with Gasteiger partial charge in [-0.1, -0.05) is 36.4 Å². The van der Waals surface area contributed by atoms with Crippen molar-refractivity contribution in [1.29, 1.82) is 0 Å². The third-order valence-corrected chi connectivity index (χ3v) is 4.99. The van der Waals surface area contributed by atoms with Crippen LogP contribution in [-0.4, -0.2) is 52.0 Å². The van der Waals surface area contributed by atoms with Crippen LogP contribution in [0.3, 0.4) is 0 Å². The normalized spacial score (nSPS) is 15.7. The zero-order valence-corrected chi connectivity index (χ0v) is 17.6. The van der Waals surface area contributed by atoms with Crippen LogP contribution in [0.5, 0.6) is 5.75 Å². The number of hydrogen-bond donors (Lipinski definition) is 2. The van der Waals surface area contributed by atoms with Crippen molar-refractivity contribution < 1.29 is 9.47 Å². The number of rotatable bonds is 7. The van der Waals surface area contributed by atoms with Crippen molar-refractivity contribution in [1.82, 2.24) is 10.6 Å². The predicted molar refractivity (Wildman–Crippen MR) is 119 cm³/mol. The van der Waals surface area contributed by atoms with E-state index in [9.17, 15) is 0 Å². The number of anilines is 1. The van der Waals surface area contributed by atoms with Gasteiger partial charge in [0.1, 0.15) is 11.9 Å². The smallest absolute Gasteiger partial charge is 0.191 e. The predicted octanol–water partition coefficient (Wildman–Crippen LogP) is 2.96. The summed E-state index contributed by atoms with van der Waals surface area (Å²) in [6.45, 7) is 8.91. The van der Waals surface area contributed by atoms with E-state index in [1.54, 1.807) is 7.05 Å². The van der Waals surface area contributed by atoms with E-state index in [0.29, 0.717) is 13.1 Å². The highest BCUT2D eigenvalue weighted by Crippen LogP contribution is 2.21. The van der Waals surface area contributed by atoms with E-state index < -0.39 is 0 Å². The van der Waals surface area contributed by atoms with E-state index in [2.05, 4.69) is 64.7 Å². The van der Waals surface area contributed by atoms with Crippen LogP contribution in [-0.2, 0) is 11.3 Å². The summed E-state index contributed by atoms with van der Waals surface area (Å²) in [6.07, 6.45) is 0.0234. The molecule has 1 aliphatic heterocycles.